The summed E-state index contributed by atoms with van der Waals surface area (Å²) in [5.41, 5.74) is 2.14. The largest absolute Gasteiger partial charge is 0.484 e. The van der Waals surface area contributed by atoms with E-state index in [4.69, 9.17) is 44.0 Å². The first-order valence-corrected chi connectivity index (χ1v) is 10.9. The van der Waals surface area contributed by atoms with Crippen LogP contribution in [0.1, 0.15) is 5.89 Å². The number of pyridine rings is 1. The summed E-state index contributed by atoms with van der Waals surface area (Å²) in [4.78, 5) is 4.63. The summed E-state index contributed by atoms with van der Waals surface area (Å²) in [6.07, 6.45) is 0. The van der Waals surface area contributed by atoms with Crippen LogP contribution in [0.2, 0.25) is 15.1 Å². The first kappa shape index (κ1) is 21.6. The van der Waals surface area contributed by atoms with Gasteiger partial charge in [-0.2, -0.15) is 0 Å². The van der Waals surface area contributed by atoms with Gasteiger partial charge in [0, 0.05) is 16.0 Å². The topological polar surface area (TPSA) is 61.0 Å². The van der Waals surface area contributed by atoms with Crippen LogP contribution in [-0.4, -0.2) is 15.2 Å². The molecule has 5 rings (SSSR count). The van der Waals surface area contributed by atoms with Crippen molar-refractivity contribution in [2.75, 3.05) is 0 Å². The van der Waals surface area contributed by atoms with Crippen molar-refractivity contribution in [3.05, 3.63) is 93.5 Å². The molecule has 0 spiro atoms. The smallest absolute Gasteiger partial charge is 0.254 e. The molecule has 0 atom stereocenters. The fraction of sp³-hybridized carbons (Fsp3) is 0.0417. The van der Waals surface area contributed by atoms with Crippen LogP contribution in [0.3, 0.4) is 0 Å². The molecule has 0 aliphatic heterocycles. The second-order valence-electron chi connectivity index (χ2n) is 7.06. The Bertz CT molecular complexity index is 1470. The molecular formula is C24H13Cl3FN3O2. The first-order valence-electron chi connectivity index (χ1n) is 9.74. The molecule has 0 N–H and O–H groups in total. The fourth-order valence-electron chi connectivity index (χ4n) is 3.31. The molecule has 0 bridgehead atoms. The third kappa shape index (κ3) is 4.50. The van der Waals surface area contributed by atoms with E-state index < -0.39 is 5.82 Å². The Balaban J connectivity index is 1.53. The van der Waals surface area contributed by atoms with Crippen molar-refractivity contribution in [1.29, 1.82) is 0 Å². The second kappa shape index (κ2) is 8.98. The molecule has 0 saturated carbocycles. The van der Waals surface area contributed by atoms with E-state index in [0.717, 1.165) is 5.39 Å². The highest BCUT2D eigenvalue weighted by Gasteiger charge is 2.17. The lowest BCUT2D eigenvalue weighted by molar-refractivity contribution is 0.264. The molecule has 5 nitrogen and oxygen atoms in total. The average molecular weight is 501 g/mol. The molecule has 0 aliphatic carbocycles. The Morgan fingerprint density at radius 1 is 0.848 bits per heavy atom. The van der Waals surface area contributed by atoms with Gasteiger partial charge in [-0.3, -0.25) is 0 Å². The summed E-state index contributed by atoms with van der Waals surface area (Å²) in [6.45, 7) is 0.0821. The molecular weight excluding hydrogens is 488 g/mol. The maximum atomic E-state index is 14.2. The van der Waals surface area contributed by atoms with Crippen molar-refractivity contribution >= 4 is 45.7 Å². The van der Waals surface area contributed by atoms with E-state index in [-0.39, 0.29) is 28.4 Å². The van der Waals surface area contributed by atoms with E-state index in [1.807, 2.05) is 24.3 Å². The number of fused-ring (bicyclic) bond motifs is 1. The van der Waals surface area contributed by atoms with Gasteiger partial charge in [-0.25, -0.2) is 9.37 Å². The summed E-state index contributed by atoms with van der Waals surface area (Å²) < 4.78 is 25.7. The van der Waals surface area contributed by atoms with Gasteiger partial charge < -0.3 is 9.15 Å². The van der Waals surface area contributed by atoms with Crippen LogP contribution < -0.4 is 4.74 Å². The van der Waals surface area contributed by atoms with Crippen LogP contribution in [-0.2, 0) is 6.61 Å². The van der Waals surface area contributed by atoms with Crippen molar-refractivity contribution in [1.82, 2.24) is 15.2 Å². The number of halogens is 4. The molecule has 0 unspecified atom stereocenters. The lowest BCUT2D eigenvalue weighted by atomic mass is 10.0. The van der Waals surface area contributed by atoms with E-state index in [2.05, 4.69) is 15.2 Å². The minimum Gasteiger partial charge on any atom is -0.484 e. The second-order valence-corrected chi connectivity index (χ2v) is 8.31. The molecule has 2 heterocycles. The number of ether oxygens (including phenoxy) is 1. The average Bonchev–Trinajstić information content (AvgIpc) is 3.29. The SMILES string of the molecule is Fc1cc(-c2cc(-c3nnc(COc4ccc(Cl)cc4)o3)c3ccccc3n2)c(Cl)cc1Cl. The van der Waals surface area contributed by atoms with E-state index in [1.54, 1.807) is 30.3 Å². The van der Waals surface area contributed by atoms with Gasteiger partial charge in [0.1, 0.15) is 11.6 Å². The number of hydrogen-bond acceptors (Lipinski definition) is 5. The number of aromatic nitrogens is 3. The minimum absolute atomic E-state index is 0.0630. The number of hydrogen-bond donors (Lipinski definition) is 0. The van der Waals surface area contributed by atoms with E-state index >= 15 is 0 Å². The molecule has 5 aromatic rings. The van der Waals surface area contributed by atoms with Crippen LogP contribution >= 0.6 is 34.8 Å². The maximum Gasteiger partial charge on any atom is 0.254 e. The summed E-state index contributed by atoms with van der Waals surface area (Å²) in [6, 6.07) is 18.7. The number of benzene rings is 3. The van der Waals surface area contributed by atoms with Gasteiger partial charge in [0.15, 0.2) is 6.61 Å². The summed E-state index contributed by atoms with van der Waals surface area (Å²) >= 11 is 18.1. The third-order valence-corrected chi connectivity index (χ3v) is 5.73. The summed E-state index contributed by atoms with van der Waals surface area (Å²) in [5, 5.41) is 9.88. The van der Waals surface area contributed by atoms with Crippen molar-refractivity contribution in [3.8, 4) is 28.5 Å². The maximum absolute atomic E-state index is 14.2. The third-order valence-electron chi connectivity index (χ3n) is 4.88. The molecule has 0 radical (unpaired) electrons. The van der Waals surface area contributed by atoms with E-state index in [0.29, 0.717) is 33.1 Å². The highest BCUT2D eigenvalue weighted by Crippen LogP contribution is 2.36. The zero-order chi connectivity index (χ0) is 22.9. The van der Waals surface area contributed by atoms with Gasteiger partial charge in [-0.1, -0.05) is 53.0 Å². The van der Waals surface area contributed by atoms with Gasteiger partial charge in [0.25, 0.3) is 5.89 Å². The highest BCUT2D eigenvalue weighted by atomic mass is 35.5. The van der Waals surface area contributed by atoms with Crippen LogP contribution in [0.25, 0.3) is 33.6 Å². The zero-order valence-corrected chi connectivity index (χ0v) is 19.0. The molecule has 0 fully saturated rings. The molecule has 2 aromatic heterocycles. The normalized spacial score (nSPS) is 11.2. The zero-order valence-electron chi connectivity index (χ0n) is 16.7. The van der Waals surface area contributed by atoms with Crippen LogP contribution in [0.5, 0.6) is 5.75 Å². The lowest BCUT2D eigenvalue weighted by Crippen LogP contribution is -1.95. The Morgan fingerprint density at radius 2 is 1.64 bits per heavy atom. The minimum atomic E-state index is -0.591. The van der Waals surface area contributed by atoms with Crippen molar-refractivity contribution in [3.63, 3.8) is 0 Å². The van der Waals surface area contributed by atoms with Crippen molar-refractivity contribution in [2.45, 2.75) is 6.61 Å². The van der Waals surface area contributed by atoms with Gasteiger partial charge in [-0.05, 0) is 48.5 Å². The molecule has 33 heavy (non-hydrogen) atoms. The van der Waals surface area contributed by atoms with Gasteiger partial charge in [0.05, 0.1) is 26.8 Å². The molecule has 0 saturated heterocycles. The van der Waals surface area contributed by atoms with E-state index in [1.165, 1.54) is 12.1 Å². The van der Waals surface area contributed by atoms with Crippen molar-refractivity contribution in [2.24, 2.45) is 0 Å². The fourth-order valence-corrected chi connectivity index (χ4v) is 3.91. The molecule has 164 valence electrons. The van der Waals surface area contributed by atoms with Crippen LogP contribution in [0.15, 0.2) is 71.1 Å². The van der Waals surface area contributed by atoms with Crippen LogP contribution in [0.4, 0.5) is 4.39 Å². The van der Waals surface area contributed by atoms with Crippen molar-refractivity contribution < 1.29 is 13.5 Å². The molecule has 0 aliphatic rings. The molecule has 9 heteroatoms. The van der Waals surface area contributed by atoms with Gasteiger partial charge >= 0.3 is 0 Å². The number of nitrogens with zero attached hydrogens (tertiary/aromatic N) is 3. The Morgan fingerprint density at radius 3 is 2.45 bits per heavy atom. The number of rotatable bonds is 5. The number of para-hydroxylation sites is 1. The van der Waals surface area contributed by atoms with Crippen LogP contribution in [0, 0.1) is 5.82 Å². The molecule has 0 amide bonds. The standard InChI is InChI=1S/C24H13Cl3FN3O2/c25-13-5-7-14(8-6-13)32-12-23-30-31-24(33-23)16-10-22(29-21-4-2-1-3-15(16)21)17-9-20(28)19(27)11-18(17)26/h1-11H,12H2. The lowest BCUT2D eigenvalue weighted by Gasteiger charge is -2.09. The quantitative estimate of drug-likeness (QED) is 0.232. The van der Waals surface area contributed by atoms with Gasteiger partial charge in [0.2, 0.25) is 5.89 Å². The monoisotopic (exact) mass is 499 g/mol. The summed E-state index contributed by atoms with van der Waals surface area (Å²) in [5.74, 6) is 0.593. The molecule has 3 aromatic carbocycles. The predicted molar refractivity (Wildman–Crippen MR) is 126 cm³/mol. The highest BCUT2D eigenvalue weighted by molar-refractivity contribution is 6.36. The first-order chi connectivity index (χ1) is 16.0. The predicted octanol–water partition coefficient (Wildman–Crippen LogP) is 7.63. The summed E-state index contributed by atoms with van der Waals surface area (Å²) in [7, 11) is 0. The van der Waals surface area contributed by atoms with Gasteiger partial charge in [-0.15, -0.1) is 10.2 Å². The Labute approximate surface area is 202 Å². The Kier molecular flexibility index (Phi) is 5.89. The Hall–Kier alpha value is -3.19. The van der Waals surface area contributed by atoms with E-state index in [9.17, 15) is 4.39 Å².